The number of nitrogens with one attached hydrogen (secondary N) is 3. The molecule has 15 nitrogen and oxygen atoms in total. The lowest BCUT2D eigenvalue weighted by Gasteiger charge is -2.11. The molecule has 3 N–H and O–H groups in total. The van der Waals surface area contributed by atoms with Gasteiger partial charge in [-0.25, -0.2) is 19.6 Å². The smallest absolute Gasteiger partial charge is 0.228 e. The highest BCUT2D eigenvalue weighted by Gasteiger charge is 2.14. The predicted molar refractivity (Wildman–Crippen MR) is 270 cm³/mol. The van der Waals surface area contributed by atoms with Gasteiger partial charge in [0, 0.05) is 43.6 Å². The first-order valence-corrected chi connectivity index (χ1v) is 22.4. The highest BCUT2D eigenvalue weighted by molar-refractivity contribution is 6.32. The summed E-state index contributed by atoms with van der Waals surface area (Å²) in [5.74, 6) is 2.00. The normalized spacial score (nSPS) is 10.4. The minimum absolute atomic E-state index is 0.111. The van der Waals surface area contributed by atoms with Crippen molar-refractivity contribution in [3.05, 3.63) is 203 Å². The molecule has 9 rings (SSSR count). The van der Waals surface area contributed by atoms with Crippen molar-refractivity contribution in [2.75, 3.05) is 30.2 Å². The van der Waals surface area contributed by atoms with E-state index in [1.54, 1.807) is 86.2 Å². The summed E-state index contributed by atoms with van der Waals surface area (Å²) in [6, 6.07) is 39.9. The number of methoxy groups -OCH3 is 2. The molecule has 0 saturated carbocycles. The Morgan fingerprint density at radius 1 is 0.543 bits per heavy atom. The van der Waals surface area contributed by atoms with Crippen molar-refractivity contribution in [2.45, 2.75) is 19.3 Å². The van der Waals surface area contributed by atoms with Crippen molar-refractivity contribution in [3.8, 4) is 39.8 Å². The van der Waals surface area contributed by atoms with Crippen LogP contribution in [0.4, 0.5) is 17.1 Å². The Kier molecular flexibility index (Phi) is 17.5. The number of rotatable bonds is 14. The van der Waals surface area contributed by atoms with Crippen molar-refractivity contribution in [1.82, 2.24) is 24.7 Å². The van der Waals surface area contributed by atoms with Gasteiger partial charge in [-0.3, -0.25) is 14.4 Å². The second-order valence-corrected chi connectivity index (χ2v) is 16.1. The van der Waals surface area contributed by atoms with Crippen LogP contribution in [-0.4, -0.2) is 56.7 Å². The van der Waals surface area contributed by atoms with Gasteiger partial charge < -0.3 is 34.3 Å². The van der Waals surface area contributed by atoms with E-state index in [0.717, 1.165) is 39.2 Å². The Balaban J connectivity index is 0.000000155. The lowest BCUT2D eigenvalue weighted by atomic mass is 10.1. The average Bonchev–Trinajstić information content (AvgIpc) is 4.21. The van der Waals surface area contributed by atoms with Gasteiger partial charge >= 0.3 is 0 Å². The maximum Gasteiger partial charge on any atom is 0.228 e. The van der Waals surface area contributed by atoms with Crippen LogP contribution in [0.3, 0.4) is 0 Å². The Morgan fingerprint density at radius 3 is 1.51 bits per heavy atom. The molecule has 0 spiro atoms. The summed E-state index contributed by atoms with van der Waals surface area (Å²) in [7, 11) is 3.11. The van der Waals surface area contributed by atoms with E-state index in [9.17, 15) is 14.4 Å². The van der Waals surface area contributed by atoms with Gasteiger partial charge in [0.05, 0.1) is 51.6 Å². The third-order valence-electron chi connectivity index (χ3n) is 10.1. The van der Waals surface area contributed by atoms with Crippen LogP contribution in [0.5, 0.6) is 11.5 Å². The summed E-state index contributed by atoms with van der Waals surface area (Å²) in [4.78, 5) is 48.2. The molecule has 0 aliphatic heterocycles. The molecule has 0 unspecified atom stereocenters. The molecule has 0 saturated heterocycles. The zero-order valence-electron chi connectivity index (χ0n) is 37.5. The second kappa shape index (κ2) is 24.7. The number of nitrogens with zero attached hydrogens (tertiary/aromatic N) is 5. The highest BCUT2D eigenvalue weighted by Crippen LogP contribution is 2.31. The molecule has 70 heavy (non-hydrogen) atoms. The first-order chi connectivity index (χ1) is 34.1. The van der Waals surface area contributed by atoms with Crippen LogP contribution in [0.15, 0.2) is 180 Å². The van der Waals surface area contributed by atoms with E-state index in [4.69, 9.17) is 53.1 Å². The number of aromatic nitrogens is 5. The summed E-state index contributed by atoms with van der Waals surface area (Å²) in [5.41, 5.74) is 6.75. The van der Waals surface area contributed by atoms with Crippen LogP contribution in [0, 0.1) is 0 Å². The summed E-state index contributed by atoms with van der Waals surface area (Å²) in [6.07, 6.45) is 9.65. The Morgan fingerprint density at radius 2 is 1.03 bits per heavy atom. The van der Waals surface area contributed by atoms with Gasteiger partial charge in [-0.05, 0) is 89.5 Å². The molecule has 0 aliphatic carbocycles. The van der Waals surface area contributed by atoms with Crippen molar-refractivity contribution >= 4 is 69.6 Å². The lowest BCUT2D eigenvalue weighted by Crippen LogP contribution is -2.15. The van der Waals surface area contributed by atoms with Crippen molar-refractivity contribution in [1.29, 1.82) is 0 Å². The molecule has 18 heteroatoms. The molecule has 0 bridgehead atoms. The average molecular weight is 998 g/mol. The fourth-order valence-corrected chi connectivity index (χ4v) is 7.32. The molecule has 3 aromatic heterocycles. The van der Waals surface area contributed by atoms with E-state index >= 15 is 0 Å². The second-order valence-electron chi connectivity index (χ2n) is 14.9. The van der Waals surface area contributed by atoms with E-state index in [2.05, 4.69) is 36.0 Å². The topological polar surface area (TPSA) is 189 Å². The van der Waals surface area contributed by atoms with Gasteiger partial charge in [0.15, 0.2) is 24.3 Å². The van der Waals surface area contributed by atoms with Crippen LogP contribution in [0.25, 0.3) is 28.3 Å². The SMILES string of the molecule is COc1cc(-c2cnco2)ccc1NC(=O)Cc1ccccc1Cl.COc1cc(NC(=O)Cc2ccccc2Cl)ccc1-n1cncn1.O=C(Cc1ccccc1Cl)Nc1ccc(-c2cnco2)cc1. The summed E-state index contributed by atoms with van der Waals surface area (Å²) in [5, 5.41) is 14.3. The molecule has 354 valence electrons. The molecule has 3 heterocycles. The number of hydrogen-bond donors (Lipinski definition) is 3. The molecule has 9 aromatic rings. The summed E-state index contributed by atoms with van der Waals surface area (Å²) < 4.78 is 22.8. The number of carbonyl (C=O) groups excluding carboxylic acids is 3. The number of carbonyl (C=O) groups is 3. The van der Waals surface area contributed by atoms with Crippen molar-refractivity contribution < 1.29 is 32.7 Å². The monoisotopic (exact) mass is 996 g/mol. The maximum absolute atomic E-state index is 12.3. The zero-order chi connectivity index (χ0) is 49.2. The standard InChI is InChI=1S/C18H15ClN2O3.C17H15ClN4O2.C17H13ClN2O2/c1-23-16-8-13(17-10-20-11-24-17)6-7-15(16)21-18(22)9-12-4-2-3-5-14(12)19;1-24-16-9-13(6-7-15(16)22-11-19-10-20-22)21-17(23)8-12-4-2-3-5-14(12)18;18-15-4-2-1-3-13(15)9-17(21)20-14-7-5-12(6-8-14)16-10-19-11-22-16/h2-8,10-11H,9H2,1H3,(H,21,22);2-7,9-11H,8H2,1H3,(H,21,23);1-8,10-11H,9H2,(H,20,21). The minimum atomic E-state index is -0.172. The Hall–Kier alpha value is -8.24. The zero-order valence-corrected chi connectivity index (χ0v) is 39.8. The number of halogens is 3. The number of hydrogen-bond acceptors (Lipinski definition) is 11. The minimum Gasteiger partial charge on any atom is -0.495 e. The van der Waals surface area contributed by atoms with Crippen LogP contribution >= 0.6 is 34.8 Å². The number of benzene rings is 6. The van der Waals surface area contributed by atoms with Gasteiger partial charge in [0.25, 0.3) is 0 Å². The fraction of sp³-hybridized carbons (Fsp3) is 0.0962. The third-order valence-corrected chi connectivity index (χ3v) is 11.2. The van der Waals surface area contributed by atoms with Crippen LogP contribution < -0.4 is 25.4 Å². The molecule has 0 atom stereocenters. The quantitative estimate of drug-likeness (QED) is 0.0940. The van der Waals surface area contributed by atoms with Gasteiger partial charge in [-0.15, -0.1) is 0 Å². The molecule has 0 aliphatic rings. The number of amides is 3. The van der Waals surface area contributed by atoms with Crippen LogP contribution in [0.1, 0.15) is 16.7 Å². The van der Waals surface area contributed by atoms with Crippen molar-refractivity contribution in [3.63, 3.8) is 0 Å². The first-order valence-electron chi connectivity index (χ1n) is 21.3. The first kappa shape index (κ1) is 49.7. The van der Waals surface area contributed by atoms with E-state index in [1.807, 2.05) is 84.9 Å². The number of anilines is 3. The molecule has 6 aromatic carbocycles. The van der Waals surface area contributed by atoms with Gasteiger partial charge in [-0.1, -0.05) is 89.4 Å². The number of oxazole rings is 2. The van der Waals surface area contributed by atoms with E-state index < -0.39 is 0 Å². The Bertz CT molecular complexity index is 3130. The van der Waals surface area contributed by atoms with Gasteiger partial charge in [0.2, 0.25) is 17.7 Å². The predicted octanol–water partition coefficient (Wildman–Crippen LogP) is 11.5. The van der Waals surface area contributed by atoms with Crippen LogP contribution in [0.2, 0.25) is 15.1 Å². The van der Waals surface area contributed by atoms with E-state index in [1.165, 1.54) is 19.1 Å². The lowest BCUT2D eigenvalue weighted by molar-refractivity contribution is -0.116. The fourth-order valence-electron chi connectivity index (χ4n) is 6.71. The van der Waals surface area contributed by atoms with Crippen LogP contribution in [-0.2, 0) is 33.6 Å². The van der Waals surface area contributed by atoms with E-state index in [-0.39, 0.29) is 37.0 Å². The van der Waals surface area contributed by atoms with Gasteiger partial charge in [-0.2, -0.15) is 5.10 Å². The maximum atomic E-state index is 12.3. The third kappa shape index (κ3) is 13.9. The largest absolute Gasteiger partial charge is 0.495 e. The van der Waals surface area contributed by atoms with E-state index in [0.29, 0.717) is 49.5 Å². The molecule has 3 amide bonds. The Labute approximate surface area is 417 Å². The molecule has 0 fully saturated rings. The van der Waals surface area contributed by atoms with Crippen molar-refractivity contribution in [2.24, 2.45) is 0 Å². The van der Waals surface area contributed by atoms with Gasteiger partial charge in [0.1, 0.15) is 29.8 Å². The summed E-state index contributed by atoms with van der Waals surface area (Å²) >= 11 is 18.2. The molecular formula is C52H43Cl3N8O7. The highest BCUT2D eigenvalue weighted by atomic mass is 35.5. The number of ether oxygens (including phenoxy) is 2. The molecule has 0 radical (unpaired) electrons. The summed E-state index contributed by atoms with van der Waals surface area (Å²) in [6.45, 7) is 0. The molecular weight excluding hydrogens is 955 g/mol.